The quantitative estimate of drug-likeness (QED) is 0.573. The molecular formula is C21H28N8O4S. The van der Waals surface area contributed by atoms with Crippen LogP contribution in [0.4, 0.5) is 10.5 Å². The summed E-state index contributed by atoms with van der Waals surface area (Å²) in [6.45, 7) is 11.4. The molecule has 0 bridgehead atoms. The zero-order chi connectivity index (χ0) is 24.7. The Labute approximate surface area is 198 Å². The van der Waals surface area contributed by atoms with Crippen molar-refractivity contribution in [2.75, 3.05) is 51.7 Å². The Morgan fingerprint density at radius 1 is 1.24 bits per heavy atom. The Morgan fingerprint density at radius 2 is 1.91 bits per heavy atom. The number of aromatic nitrogens is 2. The summed E-state index contributed by atoms with van der Waals surface area (Å²) >= 11 is 0. The number of pyridine rings is 1. The van der Waals surface area contributed by atoms with Gasteiger partial charge in [-0.2, -0.15) is 0 Å². The van der Waals surface area contributed by atoms with E-state index in [1.54, 1.807) is 25.9 Å². The Kier molecular flexibility index (Phi) is 6.13. The lowest BCUT2D eigenvalue weighted by molar-refractivity contribution is 0.0950. The summed E-state index contributed by atoms with van der Waals surface area (Å²) < 4.78 is 30.4. The van der Waals surface area contributed by atoms with Gasteiger partial charge in [0, 0.05) is 53.0 Å². The molecule has 1 aliphatic carbocycles. The molecule has 0 atom stereocenters. The first kappa shape index (κ1) is 23.8. The second kappa shape index (κ2) is 8.77. The molecule has 12 nitrogen and oxygen atoms in total. The van der Waals surface area contributed by atoms with Crippen molar-refractivity contribution >= 4 is 33.3 Å². The third-order valence-electron chi connectivity index (χ3n) is 5.98. The summed E-state index contributed by atoms with van der Waals surface area (Å²) in [4.78, 5) is 37.9. The van der Waals surface area contributed by atoms with E-state index in [4.69, 9.17) is 6.57 Å². The first-order chi connectivity index (χ1) is 16.1. The maximum absolute atomic E-state index is 13.2. The molecule has 3 amide bonds. The molecule has 2 aromatic heterocycles. The molecule has 2 N–H and O–H groups in total. The summed E-state index contributed by atoms with van der Waals surface area (Å²) in [7, 11) is -0.636. The van der Waals surface area contributed by atoms with E-state index in [1.807, 2.05) is 4.90 Å². The van der Waals surface area contributed by atoms with Gasteiger partial charge in [0.2, 0.25) is 10.0 Å². The molecular weight excluding hydrogens is 460 g/mol. The standard InChI is InChI=1S/C21H28N8O4S/c1-5-23-19(30)17-13-24-18-16(27-8-10-28(11-9-27)20(31)26(3)4)12-15(14-29(17)18)34(32,33)25-21(22-2)6-7-21/h12-14,25H,5-11H2,1,3-4H3,(H,23,30). The largest absolute Gasteiger partial charge is 0.365 e. The Balaban J connectivity index is 1.74. The van der Waals surface area contributed by atoms with Crippen LogP contribution in [-0.4, -0.2) is 92.0 Å². The molecule has 1 aliphatic heterocycles. The van der Waals surface area contributed by atoms with Crippen molar-refractivity contribution in [2.24, 2.45) is 0 Å². The summed E-state index contributed by atoms with van der Waals surface area (Å²) in [5.74, 6) is -0.371. The van der Waals surface area contributed by atoms with Gasteiger partial charge in [0.05, 0.1) is 24.7 Å². The molecule has 2 fully saturated rings. The molecule has 0 spiro atoms. The van der Waals surface area contributed by atoms with Crippen molar-refractivity contribution in [3.63, 3.8) is 0 Å². The van der Waals surface area contributed by atoms with Crippen molar-refractivity contribution in [1.29, 1.82) is 0 Å². The molecule has 34 heavy (non-hydrogen) atoms. The van der Waals surface area contributed by atoms with Crippen molar-refractivity contribution in [3.8, 4) is 0 Å². The van der Waals surface area contributed by atoms with Gasteiger partial charge in [0.25, 0.3) is 11.6 Å². The predicted molar refractivity (Wildman–Crippen MR) is 125 cm³/mol. The highest BCUT2D eigenvalue weighted by Crippen LogP contribution is 2.38. The fourth-order valence-corrected chi connectivity index (χ4v) is 5.31. The van der Waals surface area contributed by atoms with Gasteiger partial charge >= 0.3 is 6.03 Å². The van der Waals surface area contributed by atoms with Crippen LogP contribution in [0.2, 0.25) is 0 Å². The van der Waals surface area contributed by atoms with Gasteiger partial charge < -0.3 is 20.0 Å². The number of hydrogen-bond donors (Lipinski definition) is 2. The van der Waals surface area contributed by atoms with E-state index in [0.717, 1.165) is 0 Å². The van der Waals surface area contributed by atoms with E-state index < -0.39 is 15.7 Å². The van der Waals surface area contributed by atoms with Gasteiger partial charge in [0.1, 0.15) is 10.6 Å². The topological polar surface area (TPSA) is 124 Å². The lowest BCUT2D eigenvalue weighted by atomic mass is 10.2. The van der Waals surface area contributed by atoms with Crippen LogP contribution in [0.25, 0.3) is 10.5 Å². The second-order valence-electron chi connectivity index (χ2n) is 8.66. The summed E-state index contributed by atoms with van der Waals surface area (Å²) in [5.41, 5.74) is 0.105. The molecule has 1 saturated heterocycles. The highest BCUT2D eigenvalue weighted by atomic mass is 32.2. The number of amides is 3. The number of nitrogens with one attached hydrogen (secondary N) is 2. The summed E-state index contributed by atoms with van der Waals surface area (Å²) in [5, 5.41) is 2.72. The summed E-state index contributed by atoms with van der Waals surface area (Å²) in [6.07, 6.45) is 3.70. The molecule has 0 aromatic carbocycles. The fourth-order valence-electron chi connectivity index (χ4n) is 3.93. The highest BCUT2D eigenvalue weighted by Gasteiger charge is 2.54. The molecule has 0 unspecified atom stereocenters. The van der Waals surface area contributed by atoms with Gasteiger partial charge in [-0.3, -0.25) is 14.0 Å². The first-order valence-electron chi connectivity index (χ1n) is 11.0. The molecule has 2 aromatic rings. The normalized spacial score (nSPS) is 17.4. The molecule has 3 heterocycles. The third kappa shape index (κ3) is 4.38. The van der Waals surface area contributed by atoms with Crippen molar-refractivity contribution in [3.05, 3.63) is 35.6 Å². The monoisotopic (exact) mass is 488 g/mol. The average molecular weight is 489 g/mol. The number of rotatable bonds is 6. The van der Waals surface area contributed by atoms with E-state index in [1.165, 1.54) is 27.8 Å². The number of carbonyl (C=O) groups excluding carboxylic acids is 2. The maximum Gasteiger partial charge on any atom is 0.319 e. The van der Waals surface area contributed by atoms with E-state index in [-0.39, 0.29) is 22.5 Å². The number of hydrogen-bond acceptors (Lipinski definition) is 6. The van der Waals surface area contributed by atoms with E-state index >= 15 is 0 Å². The Morgan fingerprint density at radius 3 is 2.47 bits per heavy atom. The van der Waals surface area contributed by atoms with Crippen LogP contribution < -0.4 is 14.9 Å². The zero-order valence-corrected chi connectivity index (χ0v) is 20.2. The van der Waals surface area contributed by atoms with E-state index in [2.05, 4.69) is 19.9 Å². The van der Waals surface area contributed by atoms with Crippen LogP contribution in [-0.2, 0) is 10.0 Å². The van der Waals surface area contributed by atoms with Crippen LogP contribution in [0.15, 0.2) is 23.4 Å². The summed E-state index contributed by atoms with van der Waals surface area (Å²) in [6, 6.07) is 1.44. The van der Waals surface area contributed by atoms with Crippen molar-refractivity contribution < 1.29 is 18.0 Å². The molecule has 0 radical (unpaired) electrons. The second-order valence-corrected chi connectivity index (χ2v) is 10.3. The number of piperazine rings is 1. The van der Waals surface area contributed by atoms with Crippen LogP contribution in [0.1, 0.15) is 30.3 Å². The van der Waals surface area contributed by atoms with Gasteiger partial charge in [-0.1, -0.05) is 0 Å². The van der Waals surface area contributed by atoms with Gasteiger partial charge in [0.15, 0.2) is 5.65 Å². The number of urea groups is 1. The predicted octanol–water partition coefficient (Wildman–Crippen LogP) is 0.575. The molecule has 4 rings (SSSR count). The van der Waals surface area contributed by atoms with Crippen LogP contribution in [0.5, 0.6) is 0 Å². The lowest BCUT2D eigenvalue weighted by Gasteiger charge is -2.37. The molecule has 2 aliphatic rings. The van der Waals surface area contributed by atoms with Crippen molar-refractivity contribution in [2.45, 2.75) is 30.3 Å². The fraction of sp³-hybridized carbons (Fsp3) is 0.524. The number of imidazole rings is 1. The van der Waals surface area contributed by atoms with Crippen molar-refractivity contribution in [1.82, 2.24) is 29.2 Å². The minimum Gasteiger partial charge on any atom is -0.365 e. The van der Waals surface area contributed by atoms with Crippen LogP contribution >= 0.6 is 0 Å². The smallest absolute Gasteiger partial charge is 0.319 e. The van der Waals surface area contributed by atoms with E-state index in [9.17, 15) is 18.0 Å². The minimum atomic E-state index is -4.03. The third-order valence-corrected chi connectivity index (χ3v) is 7.47. The number of nitrogens with zero attached hydrogens (tertiary/aromatic N) is 6. The van der Waals surface area contributed by atoms with Gasteiger partial charge in [-0.25, -0.2) is 24.8 Å². The molecule has 182 valence electrons. The zero-order valence-electron chi connectivity index (χ0n) is 19.4. The number of sulfonamides is 1. The van der Waals surface area contributed by atoms with Crippen LogP contribution in [0.3, 0.4) is 0 Å². The Bertz CT molecular complexity index is 1270. The SMILES string of the molecule is [C-]#[N+]C1(NS(=O)(=O)c2cc(N3CCN(C(=O)N(C)C)CC3)c3ncc(C(=O)NCC)n3c2)CC1. The number of anilines is 1. The molecule has 13 heteroatoms. The number of carbonyl (C=O) groups is 2. The highest BCUT2D eigenvalue weighted by molar-refractivity contribution is 7.89. The molecule has 1 saturated carbocycles. The van der Waals surface area contributed by atoms with Gasteiger partial charge in [-0.15, -0.1) is 4.72 Å². The minimum absolute atomic E-state index is 0.0553. The average Bonchev–Trinajstić information content (AvgIpc) is 3.44. The van der Waals surface area contributed by atoms with E-state index in [0.29, 0.717) is 56.9 Å². The number of fused-ring (bicyclic) bond motifs is 1. The lowest BCUT2D eigenvalue weighted by Crippen LogP contribution is -2.51. The first-order valence-corrected chi connectivity index (χ1v) is 12.5. The van der Waals surface area contributed by atoms with Crippen LogP contribution in [0, 0.1) is 6.57 Å². The van der Waals surface area contributed by atoms with Gasteiger partial charge in [-0.05, 0) is 13.0 Å². The Hall–Kier alpha value is -3.37. The maximum atomic E-state index is 13.2.